The Labute approximate surface area is 472 Å². The Kier molecular flexibility index (Phi) is 24.0. The van der Waals surface area contributed by atoms with Crippen molar-refractivity contribution in [2.45, 2.75) is 129 Å². The molecule has 3 heterocycles. The van der Waals surface area contributed by atoms with Gasteiger partial charge in [-0.3, -0.25) is 44.3 Å². The van der Waals surface area contributed by atoms with Crippen LogP contribution in [-0.4, -0.2) is 102 Å². The highest BCUT2D eigenvalue weighted by molar-refractivity contribution is 6.35. The predicted octanol–water partition coefficient (Wildman–Crippen LogP) is 8.86. The maximum atomic E-state index is 13.6. The Hall–Kier alpha value is -7.36. The third kappa shape index (κ3) is 20.1. The second kappa shape index (κ2) is 30.3. The Bertz CT molecular complexity index is 3080. The molecule has 80 heavy (non-hydrogen) atoms. The first kappa shape index (κ1) is 63.5. The van der Waals surface area contributed by atoms with Crippen LogP contribution in [0.25, 0.3) is 22.6 Å². The number of aliphatic carboxylic acids is 4. The number of furan rings is 2. The third-order valence-electron chi connectivity index (χ3n) is 12.5. The second-order valence-electron chi connectivity index (χ2n) is 20.6. The molecule has 0 spiro atoms. The van der Waals surface area contributed by atoms with E-state index in [1.807, 2.05) is 58.0 Å². The first-order valence-corrected chi connectivity index (χ1v) is 26.7. The Morgan fingerprint density at radius 2 is 1.01 bits per heavy atom. The van der Waals surface area contributed by atoms with Gasteiger partial charge in [0.05, 0.1) is 6.54 Å². The monoisotopic (exact) mass is 1150 g/mol. The van der Waals surface area contributed by atoms with Crippen LogP contribution >= 0.6 is 23.2 Å². The molecule has 0 fully saturated rings. The highest BCUT2D eigenvalue weighted by atomic mass is 35.5. The fourth-order valence-corrected chi connectivity index (χ4v) is 9.14. The average molecular weight is 1150 g/mol. The summed E-state index contributed by atoms with van der Waals surface area (Å²) in [5.41, 5.74) is 1.69. The molecular weight excluding hydrogens is 1080 g/mol. The van der Waals surface area contributed by atoms with E-state index >= 15 is 0 Å². The van der Waals surface area contributed by atoms with Gasteiger partial charge in [0.1, 0.15) is 65.1 Å². The van der Waals surface area contributed by atoms with E-state index in [1.54, 1.807) is 68.4 Å². The predicted molar refractivity (Wildman–Crippen MR) is 297 cm³/mol. The maximum absolute atomic E-state index is 13.6. The van der Waals surface area contributed by atoms with Crippen LogP contribution in [0.15, 0.2) is 123 Å². The molecule has 3 aromatic heterocycles. The molecular formula is C58H68Cl2FN5O14. The van der Waals surface area contributed by atoms with Crippen LogP contribution in [0.5, 0.6) is 0 Å². The largest absolute Gasteiger partial charge is 0.480 e. The van der Waals surface area contributed by atoms with E-state index in [0.29, 0.717) is 57.1 Å². The van der Waals surface area contributed by atoms with Gasteiger partial charge in [0.15, 0.2) is 0 Å². The summed E-state index contributed by atoms with van der Waals surface area (Å²) < 4.78 is 33.0. The minimum absolute atomic E-state index is 0.00546. The summed E-state index contributed by atoms with van der Waals surface area (Å²) in [6.07, 6.45) is 3.77. The standard InChI is InChI=1S/C39H47FN4O9.C19H21Cl2NO5/c1-24(2)19-31(41-30(35(45)46)22-29-13-14-34(52-29)27-10-6-5-7-11-27)37(49)53-38(50)32(20-25(3)4)42-33(36(47)48)23-44-18-17-43(39(44)51)16-15-26-9-8-12-28(40)21-26;1-10(2)5-15(18(23)24)22-16(19(25)26)9-14-3-4-17(27-14)11-6-12(20)8-13(21)7-11/h5-14,17-18,21,24-25,30-33,41-42H,15-16,19-20,22-23H2,1-4H3,(H,45,46)(H,47,48);3-4,6-8,10,15-16,22H,5,9H2,1-2H3,(H,23,24)(H,25,26). The average Bonchev–Trinajstić information content (AvgIpc) is 4.15. The molecule has 3 aromatic carbocycles. The maximum Gasteiger partial charge on any atom is 0.330 e. The number of nitrogens with zero attached hydrogens (tertiary/aromatic N) is 2. The van der Waals surface area contributed by atoms with Gasteiger partial charge in [0.2, 0.25) is 0 Å². The van der Waals surface area contributed by atoms with Crippen LogP contribution in [0.2, 0.25) is 10.0 Å². The van der Waals surface area contributed by atoms with E-state index in [2.05, 4.69) is 16.0 Å². The fraction of sp³-hybridized carbons (Fsp3) is 0.397. The van der Waals surface area contributed by atoms with Gasteiger partial charge >= 0.3 is 41.5 Å². The number of aryl methyl sites for hydroxylation is 2. The molecule has 0 bridgehead atoms. The summed E-state index contributed by atoms with van der Waals surface area (Å²) in [6.45, 7) is 10.9. The van der Waals surface area contributed by atoms with Crippen molar-refractivity contribution >= 4 is 59.0 Å². The van der Waals surface area contributed by atoms with Gasteiger partial charge in [-0.15, -0.1) is 0 Å². The van der Waals surface area contributed by atoms with E-state index in [-0.39, 0.29) is 56.5 Å². The first-order chi connectivity index (χ1) is 37.8. The van der Waals surface area contributed by atoms with Crippen molar-refractivity contribution in [3.8, 4) is 22.6 Å². The van der Waals surface area contributed by atoms with Crippen molar-refractivity contribution in [2.75, 3.05) is 0 Å². The summed E-state index contributed by atoms with van der Waals surface area (Å²) in [5, 5.41) is 48.1. The number of benzene rings is 3. The van der Waals surface area contributed by atoms with Crippen molar-refractivity contribution in [3.05, 3.63) is 153 Å². The number of aromatic nitrogens is 2. The van der Waals surface area contributed by atoms with E-state index in [0.717, 1.165) is 5.56 Å². The lowest BCUT2D eigenvalue weighted by atomic mass is 10.0. The van der Waals surface area contributed by atoms with Gasteiger partial charge in [-0.05, 0) is 104 Å². The minimum Gasteiger partial charge on any atom is -0.480 e. The number of halogens is 3. The molecule has 0 saturated carbocycles. The van der Waals surface area contributed by atoms with Crippen LogP contribution in [0.1, 0.15) is 77.9 Å². The number of ether oxygens (including phenoxy) is 1. The van der Waals surface area contributed by atoms with Gasteiger partial charge in [0.25, 0.3) is 0 Å². The number of carbonyl (C=O) groups excluding carboxylic acids is 2. The molecule has 6 aromatic rings. The Morgan fingerprint density at radius 3 is 1.50 bits per heavy atom. The Morgan fingerprint density at radius 1 is 0.550 bits per heavy atom. The number of rotatable bonds is 29. The number of imidazole rings is 1. The second-order valence-corrected chi connectivity index (χ2v) is 21.4. The van der Waals surface area contributed by atoms with Crippen molar-refractivity contribution in [1.29, 1.82) is 0 Å². The van der Waals surface area contributed by atoms with Crippen LogP contribution in [-0.2, 0) is 65.9 Å². The summed E-state index contributed by atoms with van der Waals surface area (Å²) in [6, 6.07) is 19.8. The molecule has 430 valence electrons. The number of hydrogen-bond acceptors (Lipinski definition) is 13. The van der Waals surface area contributed by atoms with Crippen molar-refractivity contribution < 1.29 is 67.2 Å². The summed E-state index contributed by atoms with van der Waals surface area (Å²) in [4.78, 5) is 87.7. The lowest BCUT2D eigenvalue weighted by molar-refractivity contribution is -0.164. The SMILES string of the molecule is CC(C)CC(NC(Cc1ccc(-c2cc(Cl)cc(Cl)c2)o1)C(=O)O)C(=O)O.CC(C)CC(NC(Cc1ccc(-c2ccccc2)o1)C(=O)O)C(=O)OC(=O)C(CC(C)C)NC(Cn1ccn(CCc2cccc(F)c2)c1=O)C(=O)O. The van der Waals surface area contributed by atoms with Gasteiger partial charge in [0, 0.05) is 53.0 Å². The zero-order valence-electron chi connectivity index (χ0n) is 45.1. The van der Waals surface area contributed by atoms with E-state index in [9.17, 15) is 58.4 Å². The molecule has 0 aliphatic rings. The normalized spacial score (nSPS) is 13.7. The number of nitrogens with one attached hydrogen (secondary N) is 3. The molecule has 0 radical (unpaired) electrons. The lowest BCUT2D eigenvalue weighted by Gasteiger charge is -2.26. The molecule has 0 aliphatic heterocycles. The fourth-order valence-electron chi connectivity index (χ4n) is 8.61. The Balaban J connectivity index is 0.000000364. The molecule has 0 aliphatic carbocycles. The number of hydrogen-bond donors (Lipinski definition) is 7. The topological polar surface area (TPSA) is 282 Å². The molecule has 0 saturated heterocycles. The van der Waals surface area contributed by atoms with Gasteiger partial charge < -0.3 is 34.0 Å². The van der Waals surface area contributed by atoms with Crippen molar-refractivity contribution in [1.82, 2.24) is 25.1 Å². The molecule has 7 N–H and O–H groups in total. The van der Waals surface area contributed by atoms with Crippen LogP contribution in [0.4, 0.5) is 4.39 Å². The van der Waals surface area contributed by atoms with E-state index in [4.69, 9.17) is 36.8 Å². The summed E-state index contributed by atoms with van der Waals surface area (Å²) in [7, 11) is 0. The van der Waals surface area contributed by atoms with Crippen molar-refractivity contribution in [2.24, 2.45) is 17.8 Å². The third-order valence-corrected chi connectivity index (χ3v) is 12.9. The quantitative estimate of drug-likeness (QED) is 0.0170. The van der Waals surface area contributed by atoms with Crippen LogP contribution in [0, 0.1) is 23.6 Å². The lowest BCUT2D eigenvalue weighted by Crippen LogP contribution is -2.53. The minimum atomic E-state index is -1.42. The van der Waals surface area contributed by atoms with Gasteiger partial charge in [-0.2, -0.15) is 0 Å². The smallest absolute Gasteiger partial charge is 0.330 e. The summed E-state index contributed by atoms with van der Waals surface area (Å²) >= 11 is 12.0. The number of carboxylic acid groups (broad SMARTS) is 4. The zero-order valence-corrected chi connectivity index (χ0v) is 46.7. The highest BCUT2D eigenvalue weighted by Gasteiger charge is 2.35. The summed E-state index contributed by atoms with van der Waals surface area (Å²) in [5.74, 6) is -5.52. The van der Waals surface area contributed by atoms with E-state index < -0.39 is 83.6 Å². The van der Waals surface area contributed by atoms with Gasteiger partial charge in [-0.25, -0.2) is 18.8 Å². The number of carbonyl (C=O) groups is 6. The van der Waals surface area contributed by atoms with E-state index in [1.165, 1.54) is 33.7 Å². The van der Waals surface area contributed by atoms with Crippen LogP contribution < -0.4 is 21.6 Å². The number of esters is 2. The van der Waals surface area contributed by atoms with Gasteiger partial charge in [-0.1, -0.05) is 107 Å². The molecule has 0 amide bonds. The number of carboxylic acids is 4. The molecule has 19 nitrogen and oxygen atoms in total. The molecule has 6 atom stereocenters. The van der Waals surface area contributed by atoms with Crippen molar-refractivity contribution in [3.63, 3.8) is 0 Å². The molecule has 6 unspecified atom stereocenters. The molecule has 22 heteroatoms. The molecule has 6 rings (SSSR count). The first-order valence-electron chi connectivity index (χ1n) is 26.0. The van der Waals surface area contributed by atoms with Crippen LogP contribution in [0.3, 0.4) is 0 Å². The zero-order chi connectivity index (χ0) is 58.8. The highest BCUT2D eigenvalue weighted by Crippen LogP contribution is 2.29.